The quantitative estimate of drug-likeness (QED) is 0.853. The van der Waals surface area contributed by atoms with Crippen LogP contribution in [0.3, 0.4) is 0 Å². The molecule has 1 amide bonds. The smallest absolute Gasteiger partial charge is 0.259 e. The summed E-state index contributed by atoms with van der Waals surface area (Å²) >= 11 is 0. The molecule has 0 bridgehead atoms. The maximum atomic E-state index is 11.8. The van der Waals surface area contributed by atoms with Gasteiger partial charge >= 0.3 is 0 Å². The van der Waals surface area contributed by atoms with E-state index in [-0.39, 0.29) is 5.91 Å². The number of hydrogen-bond acceptors (Lipinski definition) is 4. The molecule has 0 saturated carbocycles. The third kappa shape index (κ3) is 1.79. The molecule has 1 aromatic carbocycles. The molecule has 1 N–H and O–H groups in total. The topological polar surface area (TPSA) is 62.9 Å². The summed E-state index contributed by atoms with van der Waals surface area (Å²) in [7, 11) is 1.58. The molecular formula is C14H13NO4. The number of benzene rings is 1. The number of nitrogens with zero attached hydrogens (tertiary/aromatic N) is 1. The highest BCUT2D eigenvalue weighted by Gasteiger charge is 2.49. The zero-order valence-corrected chi connectivity index (χ0v) is 10.3. The van der Waals surface area contributed by atoms with Crippen molar-refractivity contribution in [3.63, 3.8) is 0 Å². The number of aliphatic hydroxyl groups is 1. The van der Waals surface area contributed by atoms with Gasteiger partial charge in [-0.15, -0.1) is 0 Å². The first-order valence-corrected chi connectivity index (χ1v) is 5.91. The van der Waals surface area contributed by atoms with E-state index in [1.807, 2.05) is 0 Å². The Morgan fingerprint density at radius 1 is 1.26 bits per heavy atom. The molecular weight excluding hydrogens is 246 g/mol. The molecule has 1 unspecified atom stereocenters. The number of hydrogen-bond donors (Lipinski definition) is 1. The van der Waals surface area contributed by atoms with E-state index in [0.717, 1.165) is 0 Å². The Bertz CT molecular complexity index is 576. The van der Waals surface area contributed by atoms with Crippen LogP contribution in [0.1, 0.15) is 11.8 Å². The number of amides is 1. The van der Waals surface area contributed by atoms with E-state index < -0.39 is 12.1 Å². The van der Waals surface area contributed by atoms with Crippen LogP contribution < -0.4 is 9.64 Å². The van der Waals surface area contributed by atoms with Gasteiger partial charge in [-0.1, -0.05) is 0 Å². The Balaban J connectivity index is 1.91. The molecule has 2 heterocycles. The summed E-state index contributed by atoms with van der Waals surface area (Å²) in [6.07, 6.45) is 0.477. The fourth-order valence-electron chi connectivity index (χ4n) is 2.25. The molecule has 1 aromatic heterocycles. The molecule has 1 aliphatic heterocycles. The maximum Gasteiger partial charge on any atom is 0.259 e. The maximum absolute atomic E-state index is 11.8. The molecule has 19 heavy (non-hydrogen) atoms. The number of furan rings is 1. The fourth-order valence-corrected chi connectivity index (χ4v) is 2.25. The summed E-state index contributed by atoms with van der Waals surface area (Å²) in [5, 5.41) is 9.80. The van der Waals surface area contributed by atoms with Gasteiger partial charge < -0.3 is 14.3 Å². The van der Waals surface area contributed by atoms with Crippen LogP contribution in [0.15, 0.2) is 47.1 Å². The monoisotopic (exact) mass is 259 g/mol. The average molecular weight is 259 g/mol. The summed E-state index contributed by atoms with van der Waals surface area (Å²) < 4.78 is 10.4. The van der Waals surface area contributed by atoms with Gasteiger partial charge in [0.1, 0.15) is 17.6 Å². The molecule has 5 nitrogen and oxygen atoms in total. The second-order valence-electron chi connectivity index (χ2n) is 4.31. The number of anilines is 1. The minimum Gasteiger partial charge on any atom is -0.497 e. The van der Waals surface area contributed by atoms with Crippen LogP contribution in [0.5, 0.6) is 5.75 Å². The zero-order valence-electron chi connectivity index (χ0n) is 10.3. The van der Waals surface area contributed by atoms with Crippen molar-refractivity contribution in [3.05, 3.63) is 48.4 Å². The third-order valence-electron chi connectivity index (χ3n) is 3.25. The summed E-state index contributed by atoms with van der Waals surface area (Å²) in [5.41, 5.74) is 0.706. The third-order valence-corrected chi connectivity index (χ3v) is 3.25. The zero-order chi connectivity index (χ0) is 13.4. The van der Waals surface area contributed by atoms with E-state index in [9.17, 15) is 9.90 Å². The minimum atomic E-state index is -1.05. The standard InChI is InChI=1S/C14H13NO4/c1-18-10-6-4-9(5-7-10)15-12(13(16)14(15)17)11-3-2-8-19-11/h2-8,12-13,16H,1H3/t12-,13?/m0/s1. The van der Waals surface area contributed by atoms with Crippen LogP contribution in [0, 0.1) is 0 Å². The lowest BCUT2D eigenvalue weighted by Gasteiger charge is -2.43. The average Bonchev–Trinajstić information content (AvgIpc) is 2.97. The van der Waals surface area contributed by atoms with Gasteiger partial charge in [0.05, 0.1) is 13.4 Å². The number of methoxy groups -OCH3 is 1. The van der Waals surface area contributed by atoms with Crippen LogP contribution in [0.2, 0.25) is 0 Å². The molecule has 0 spiro atoms. The van der Waals surface area contributed by atoms with Crippen molar-refractivity contribution in [1.29, 1.82) is 0 Å². The van der Waals surface area contributed by atoms with Crippen molar-refractivity contribution in [2.24, 2.45) is 0 Å². The molecule has 2 aromatic rings. The van der Waals surface area contributed by atoms with Crippen LogP contribution in [0.25, 0.3) is 0 Å². The Labute approximate surface area is 110 Å². The van der Waals surface area contributed by atoms with E-state index in [1.54, 1.807) is 43.5 Å². The highest BCUT2D eigenvalue weighted by Crippen LogP contribution is 2.39. The van der Waals surface area contributed by atoms with Gasteiger partial charge in [-0.2, -0.15) is 0 Å². The Morgan fingerprint density at radius 3 is 2.58 bits per heavy atom. The summed E-state index contributed by atoms with van der Waals surface area (Å²) in [6, 6.07) is 10.1. The van der Waals surface area contributed by atoms with Crippen molar-refractivity contribution in [2.45, 2.75) is 12.1 Å². The molecule has 5 heteroatoms. The number of carbonyl (C=O) groups excluding carboxylic acids is 1. The number of aliphatic hydroxyl groups excluding tert-OH is 1. The lowest BCUT2D eigenvalue weighted by Crippen LogP contribution is -2.59. The van der Waals surface area contributed by atoms with Gasteiger partial charge in [-0.25, -0.2) is 0 Å². The first-order valence-electron chi connectivity index (χ1n) is 5.91. The van der Waals surface area contributed by atoms with Crippen LogP contribution in [-0.4, -0.2) is 24.2 Å². The van der Waals surface area contributed by atoms with E-state index in [4.69, 9.17) is 9.15 Å². The predicted octanol–water partition coefficient (Wildman–Crippen LogP) is 1.74. The van der Waals surface area contributed by atoms with Gasteiger partial charge in [0.2, 0.25) is 0 Å². The Hall–Kier alpha value is -2.27. The van der Waals surface area contributed by atoms with E-state index >= 15 is 0 Å². The van der Waals surface area contributed by atoms with Gasteiger partial charge in [0, 0.05) is 5.69 Å². The fraction of sp³-hybridized carbons (Fsp3) is 0.214. The molecule has 98 valence electrons. The normalized spacial score (nSPS) is 22.2. The van der Waals surface area contributed by atoms with Gasteiger partial charge in [-0.3, -0.25) is 9.69 Å². The number of carbonyl (C=O) groups is 1. The molecule has 1 saturated heterocycles. The summed E-state index contributed by atoms with van der Waals surface area (Å²) in [4.78, 5) is 13.3. The number of rotatable bonds is 3. The van der Waals surface area contributed by atoms with Gasteiger partial charge in [0.15, 0.2) is 6.10 Å². The first kappa shape index (κ1) is 11.8. The van der Waals surface area contributed by atoms with Crippen molar-refractivity contribution >= 4 is 11.6 Å². The lowest BCUT2D eigenvalue weighted by molar-refractivity contribution is -0.137. The number of β-lactam (4-membered cyclic amide) rings is 1. The molecule has 0 aliphatic carbocycles. The highest BCUT2D eigenvalue weighted by atomic mass is 16.5. The van der Waals surface area contributed by atoms with Crippen molar-refractivity contribution in [1.82, 2.24) is 0 Å². The van der Waals surface area contributed by atoms with Crippen molar-refractivity contribution < 1.29 is 19.1 Å². The van der Waals surface area contributed by atoms with Crippen LogP contribution >= 0.6 is 0 Å². The first-order chi connectivity index (χ1) is 9.22. The Morgan fingerprint density at radius 2 is 2.00 bits per heavy atom. The second kappa shape index (κ2) is 4.44. The Kier molecular flexibility index (Phi) is 2.76. The second-order valence-corrected chi connectivity index (χ2v) is 4.31. The van der Waals surface area contributed by atoms with Crippen LogP contribution in [-0.2, 0) is 4.79 Å². The largest absolute Gasteiger partial charge is 0.497 e. The number of ether oxygens (including phenoxy) is 1. The van der Waals surface area contributed by atoms with Crippen LogP contribution in [0.4, 0.5) is 5.69 Å². The summed E-state index contributed by atoms with van der Waals surface area (Å²) in [6.45, 7) is 0. The van der Waals surface area contributed by atoms with E-state index in [0.29, 0.717) is 17.2 Å². The van der Waals surface area contributed by atoms with E-state index in [1.165, 1.54) is 11.2 Å². The van der Waals surface area contributed by atoms with Gasteiger partial charge in [0.25, 0.3) is 5.91 Å². The molecule has 0 radical (unpaired) electrons. The van der Waals surface area contributed by atoms with E-state index in [2.05, 4.69) is 0 Å². The SMILES string of the molecule is COc1ccc(N2C(=O)C(O)[C@@H]2c2ccco2)cc1. The van der Waals surface area contributed by atoms with Crippen molar-refractivity contribution in [2.75, 3.05) is 12.0 Å². The highest BCUT2D eigenvalue weighted by molar-refractivity contribution is 6.04. The lowest BCUT2D eigenvalue weighted by atomic mass is 9.94. The molecule has 2 atom stereocenters. The van der Waals surface area contributed by atoms with Crippen molar-refractivity contribution in [3.8, 4) is 5.75 Å². The molecule has 3 rings (SSSR count). The minimum absolute atomic E-state index is 0.327. The predicted molar refractivity (Wildman–Crippen MR) is 67.9 cm³/mol. The molecule has 1 fully saturated rings. The summed E-state index contributed by atoms with van der Waals surface area (Å²) in [5.74, 6) is 0.960. The van der Waals surface area contributed by atoms with Gasteiger partial charge in [-0.05, 0) is 36.4 Å². The molecule has 1 aliphatic rings.